The molecule has 0 saturated carbocycles. The SMILES string of the molecule is CCn1cc(-c2nn3c(c2C(C)C)O[C@@H](C)CC3)cn1. The summed E-state index contributed by atoms with van der Waals surface area (Å²) in [5.74, 6) is 1.32. The van der Waals surface area contributed by atoms with Crippen LogP contribution in [0.4, 0.5) is 0 Å². The standard InChI is InChI=1S/C15H22N4O/c1-5-18-9-12(8-16-18)14-13(10(2)3)15-19(17-14)7-6-11(4)20-15/h8-11H,5-7H2,1-4H3/t11-/m0/s1. The van der Waals surface area contributed by atoms with Crippen molar-refractivity contribution in [3.63, 3.8) is 0 Å². The Morgan fingerprint density at radius 2 is 2.25 bits per heavy atom. The van der Waals surface area contributed by atoms with Gasteiger partial charge in [0.15, 0.2) is 0 Å². The highest BCUT2D eigenvalue weighted by molar-refractivity contribution is 5.65. The molecule has 108 valence electrons. The molecule has 2 aromatic heterocycles. The molecule has 5 heteroatoms. The van der Waals surface area contributed by atoms with Gasteiger partial charge in [0.1, 0.15) is 5.69 Å². The van der Waals surface area contributed by atoms with Crippen molar-refractivity contribution in [3.8, 4) is 17.1 Å². The number of aryl methyl sites for hydroxylation is 2. The molecular formula is C15H22N4O. The van der Waals surface area contributed by atoms with Crippen LogP contribution in [-0.2, 0) is 13.1 Å². The van der Waals surface area contributed by atoms with Gasteiger partial charge in [0.2, 0.25) is 5.88 Å². The summed E-state index contributed by atoms with van der Waals surface area (Å²) in [7, 11) is 0. The highest BCUT2D eigenvalue weighted by Gasteiger charge is 2.27. The van der Waals surface area contributed by atoms with Gasteiger partial charge in [-0.15, -0.1) is 0 Å². The summed E-state index contributed by atoms with van der Waals surface area (Å²) < 4.78 is 9.97. The van der Waals surface area contributed by atoms with Crippen molar-refractivity contribution in [2.75, 3.05) is 0 Å². The van der Waals surface area contributed by atoms with Crippen LogP contribution in [0.15, 0.2) is 12.4 Å². The zero-order valence-corrected chi connectivity index (χ0v) is 12.6. The summed E-state index contributed by atoms with van der Waals surface area (Å²) >= 11 is 0. The zero-order chi connectivity index (χ0) is 14.3. The van der Waals surface area contributed by atoms with E-state index >= 15 is 0 Å². The van der Waals surface area contributed by atoms with E-state index in [1.54, 1.807) is 0 Å². The summed E-state index contributed by atoms with van der Waals surface area (Å²) in [5.41, 5.74) is 3.30. The summed E-state index contributed by atoms with van der Waals surface area (Å²) in [6.45, 7) is 10.4. The van der Waals surface area contributed by atoms with Crippen molar-refractivity contribution in [2.24, 2.45) is 0 Å². The maximum absolute atomic E-state index is 6.03. The third-order valence-electron chi connectivity index (χ3n) is 3.81. The second-order valence-corrected chi connectivity index (χ2v) is 5.75. The van der Waals surface area contributed by atoms with Crippen molar-refractivity contribution in [2.45, 2.75) is 59.2 Å². The van der Waals surface area contributed by atoms with Gasteiger partial charge in [0.05, 0.1) is 12.3 Å². The number of hydrogen-bond donors (Lipinski definition) is 0. The van der Waals surface area contributed by atoms with Crippen LogP contribution in [-0.4, -0.2) is 25.7 Å². The molecule has 0 aromatic carbocycles. The summed E-state index contributed by atoms with van der Waals surface area (Å²) in [4.78, 5) is 0. The van der Waals surface area contributed by atoms with Gasteiger partial charge in [0, 0.05) is 36.8 Å². The largest absolute Gasteiger partial charge is 0.475 e. The number of rotatable bonds is 3. The van der Waals surface area contributed by atoms with Gasteiger partial charge in [-0.1, -0.05) is 13.8 Å². The molecule has 0 aliphatic carbocycles. The van der Waals surface area contributed by atoms with E-state index in [0.717, 1.165) is 36.6 Å². The summed E-state index contributed by atoms with van der Waals surface area (Å²) in [6.07, 6.45) is 5.24. The molecule has 3 heterocycles. The highest BCUT2D eigenvalue weighted by Crippen LogP contribution is 2.38. The average Bonchev–Trinajstić information content (AvgIpc) is 3.01. The van der Waals surface area contributed by atoms with Crippen LogP contribution in [0.3, 0.4) is 0 Å². The highest BCUT2D eigenvalue weighted by atomic mass is 16.5. The van der Waals surface area contributed by atoms with Crippen LogP contribution in [0.25, 0.3) is 11.3 Å². The number of hydrogen-bond acceptors (Lipinski definition) is 3. The molecule has 1 aliphatic rings. The van der Waals surface area contributed by atoms with Gasteiger partial charge in [-0.25, -0.2) is 4.68 Å². The molecule has 0 spiro atoms. The van der Waals surface area contributed by atoms with Crippen molar-refractivity contribution in [1.82, 2.24) is 19.6 Å². The lowest BCUT2D eigenvalue weighted by atomic mass is 10.0. The van der Waals surface area contributed by atoms with Crippen molar-refractivity contribution < 1.29 is 4.74 Å². The Kier molecular flexibility index (Phi) is 3.28. The molecule has 0 fully saturated rings. The quantitative estimate of drug-likeness (QED) is 0.864. The number of nitrogens with zero attached hydrogens (tertiary/aromatic N) is 4. The molecule has 0 amide bonds. The molecule has 0 N–H and O–H groups in total. The predicted molar refractivity (Wildman–Crippen MR) is 77.9 cm³/mol. The molecule has 0 radical (unpaired) electrons. The summed E-state index contributed by atoms with van der Waals surface area (Å²) in [5, 5.41) is 9.12. The van der Waals surface area contributed by atoms with Crippen LogP contribution in [0.5, 0.6) is 5.88 Å². The second kappa shape index (κ2) is 4.96. The molecule has 0 saturated heterocycles. The molecule has 2 aromatic rings. The normalized spacial score (nSPS) is 18.1. The number of fused-ring (bicyclic) bond motifs is 1. The Morgan fingerprint density at radius 1 is 1.45 bits per heavy atom. The number of aromatic nitrogens is 4. The second-order valence-electron chi connectivity index (χ2n) is 5.75. The Morgan fingerprint density at radius 3 is 2.90 bits per heavy atom. The lowest BCUT2D eigenvalue weighted by Gasteiger charge is -2.23. The van der Waals surface area contributed by atoms with Crippen LogP contribution in [0.2, 0.25) is 0 Å². The Labute approximate surface area is 119 Å². The van der Waals surface area contributed by atoms with E-state index in [1.807, 2.05) is 15.6 Å². The third-order valence-corrected chi connectivity index (χ3v) is 3.81. The van der Waals surface area contributed by atoms with Crippen LogP contribution >= 0.6 is 0 Å². The van der Waals surface area contributed by atoms with Gasteiger partial charge >= 0.3 is 0 Å². The van der Waals surface area contributed by atoms with Gasteiger partial charge < -0.3 is 4.74 Å². The van der Waals surface area contributed by atoms with Gasteiger partial charge in [-0.3, -0.25) is 4.68 Å². The fourth-order valence-electron chi connectivity index (χ4n) is 2.68. The molecule has 5 nitrogen and oxygen atoms in total. The fraction of sp³-hybridized carbons (Fsp3) is 0.600. The predicted octanol–water partition coefficient (Wildman–Crippen LogP) is 3.06. The maximum Gasteiger partial charge on any atom is 0.216 e. The minimum Gasteiger partial charge on any atom is -0.475 e. The molecule has 3 rings (SSSR count). The number of ether oxygens (including phenoxy) is 1. The Bertz CT molecular complexity index is 611. The van der Waals surface area contributed by atoms with Crippen molar-refractivity contribution >= 4 is 0 Å². The van der Waals surface area contributed by atoms with E-state index in [1.165, 1.54) is 5.56 Å². The van der Waals surface area contributed by atoms with E-state index in [0.29, 0.717) is 5.92 Å². The monoisotopic (exact) mass is 274 g/mol. The lowest BCUT2D eigenvalue weighted by molar-refractivity contribution is 0.147. The van der Waals surface area contributed by atoms with Gasteiger partial charge in [-0.05, 0) is 19.8 Å². The maximum atomic E-state index is 6.03. The first kappa shape index (κ1) is 13.2. The molecular weight excluding hydrogens is 252 g/mol. The van der Waals surface area contributed by atoms with E-state index in [-0.39, 0.29) is 6.10 Å². The average molecular weight is 274 g/mol. The van der Waals surface area contributed by atoms with Crippen LogP contribution in [0.1, 0.15) is 45.6 Å². The molecule has 20 heavy (non-hydrogen) atoms. The zero-order valence-electron chi connectivity index (χ0n) is 12.6. The molecule has 0 unspecified atom stereocenters. The smallest absolute Gasteiger partial charge is 0.216 e. The molecule has 1 aliphatic heterocycles. The van der Waals surface area contributed by atoms with Crippen molar-refractivity contribution in [1.29, 1.82) is 0 Å². The van der Waals surface area contributed by atoms with E-state index in [2.05, 4.69) is 39.0 Å². The molecule has 1 atom stereocenters. The summed E-state index contributed by atoms with van der Waals surface area (Å²) in [6, 6.07) is 0. The van der Waals surface area contributed by atoms with Crippen molar-refractivity contribution in [3.05, 3.63) is 18.0 Å². The topological polar surface area (TPSA) is 44.9 Å². The van der Waals surface area contributed by atoms with Gasteiger partial charge in [-0.2, -0.15) is 10.2 Å². The Balaban J connectivity index is 2.10. The van der Waals surface area contributed by atoms with Crippen LogP contribution in [0, 0.1) is 0 Å². The first-order valence-corrected chi connectivity index (χ1v) is 7.40. The van der Waals surface area contributed by atoms with Gasteiger partial charge in [0.25, 0.3) is 0 Å². The van der Waals surface area contributed by atoms with E-state index in [9.17, 15) is 0 Å². The molecule has 0 bridgehead atoms. The Hall–Kier alpha value is -1.78. The minimum absolute atomic E-state index is 0.267. The minimum atomic E-state index is 0.267. The first-order valence-electron chi connectivity index (χ1n) is 7.40. The lowest BCUT2D eigenvalue weighted by Crippen LogP contribution is -2.23. The fourth-order valence-corrected chi connectivity index (χ4v) is 2.68. The first-order chi connectivity index (χ1) is 9.60. The van der Waals surface area contributed by atoms with E-state index < -0.39 is 0 Å². The van der Waals surface area contributed by atoms with Crippen LogP contribution < -0.4 is 4.74 Å². The van der Waals surface area contributed by atoms with E-state index in [4.69, 9.17) is 9.84 Å². The third kappa shape index (κ3) is 2.11.